The standard InChI is InChI=1S/C23H19NO4/c25-19-8-11-21-17(12-23(26)28-22(21)13-19)14-24-18-6-9-20(10-7-18)27-15-16-4-2-1-3-5-16/h1-13,24-25H,14-15H2. The van der Waals surface area contributed by atoms with Gasteiger partial charge in [-0.1, -0.05) is 30.3 Å². The minimum Gasteiger partial charge on any atom is -0.508 e. The average Bonchev–Trinajstić information content (AvgIpc) is 2.71. The average molecular weight is 373 g/mol. The molecule has 0 unspecified atom stereocenters. The van der Waals surface area contributed by atoms with E-state index in [1.807, 2.05) is 54.6 Å². The lowest BCUT2D eigenvalue weighted by molar-refractivity contribution is 0.306. The number of hydrogen-bond donors (Lipinski definition) is 2. The van der Waals surface area contributed by atoms with Crippen molar-refractivity contribution < 1.29 is 14.3 Å². The van der Waals surface area contributed by atoms with Crippen LogP contribution in [0.2, 0.25) is 0 Å². The predicted octanol–water partition coefficient (Wildman–Crippen LogP) is 4.69. The Bertz CT molecular complexity index is 1130. The Hall–Kier alpha value is -3.73. The minimum absolute atomic E-state index is 0.0619. The Balaban J connectivity index is 1.43. The van der Waals surface area contributed by atoms with Crippen molar-refractivity contribution in [2.24, 2.45) is 0 Å². The first-order valence-corrected chi connectivity index (χ1v) is 8.94. The van der Waals surface area contributed by atoms with Crippen LogP contribution < -0.4 is 15.7 Å². The SMILES string of the molecule is O=c1cc(CNc2ccc(OCc3ccccc3)cc2)c2ccc(O)cc2o1. The van der Waals surface area contributed by atoms with Crippen molar-refractivity contribution in [2.75, 3.05) is 5.32 Å². The largest absolute Gasteiger partial charge is 0.508 e. The van der Waals surface area contributed by atoms with Gasteiger partial charge < -0.3 is 19.6 Å². The Morgan fingerprint density at radius 2 is 1.71 bits per heavy atom. The van der Waals surface area contributed by atoms with Crippen molar-refractivity contribution in [3.05, 3.63) is 100 Å². The molecule has 0 bridgehead atoms. The molecule has 5 heteroatoms. The Morgan fingerprint density at radius 3 is 2.50 bits per heavy atom. The molecule has 0 radical (unpaired) electrons. The maximum absolute atomic E-state index is 11.8. The van der Waals surface area contributed by atoms with Crippen molar-refractivity contribution in [1.82, 2.24) is 0 Å². The minimum atomic E-state index is -0.445. The Labute approximate surface area is 161 Å². The molecule has 4 aromatic rings. The number of nitrogens with one attached hydrogen (secondary N) is 1. The molecular weight excluding hydrogens is 354 g/mol. The zero-order valence-corrected chi connectivity index (χ0v) is 15.1. The van der Waals surface area contributed by atoms with Crippen LogP contribution in [0.5, 0.6) is 11.5 Å². The third-order valence-corrected chi connectivity index (χ3v) is 4.40. The van der Waals surface area contributed by atoms with E-state index >= 15 is 0 Å². The van der Waals surface area contributed by atoms with Gasteiger partial charge in [-0.3, -0.25) is 0 Å². The lowest BCUT2D eigenvalue weighted by atomic mass is 10.1. The highest BCUT2D eigenvalue weighted by atomic mass is 16.5. The fourth-order valence-electron chi connectivity index (χ4n) is 2.97. The van der Waals surface area contributed by atoms with Crippen LogP contribution in [0.4, 0.5) is 5.69 Å². The van der Waals surface area contributed by atoms with Gasteiger partial charge in [0.05, 0.1) is 0 Å². The number of aromatic hydroxyl groups is 1. The van der Waals surface area contributed by atoms with Crippen LogP contribution in [-0.4, -0.2) is 5.11 Å². The van der Waals surface area contributed by atoms with E-state index in [1.165, 1.54) is 12.1 Å². The molecular formula is C23H19NO4. The van der Waals surface area contributed by atoms with Gasteiger partial charge in [0.15, 0.2) is 0 Å². The number of hydrogen-bond acceptors (Lipinski definition) is 5. The molecule has 0 saturated carbocycles. The second-order valence-corrected chi connectivity index (χ2v) is 6.42. The molecule has 0 aliphatic rings. The zero-order chi connectivity index (χ0) is 19.3. The van der Waals surface area contributed by atoms with E-state index in [2.05, 4.69) is 5.32 Å². The normalized spacial score (nSPS) is 10.7. The number of rotatable bonds is 6. The third-order valence-electron chi connectivity index (χ3n) is 4.40. The molecule has 0 spiro atoms. The highest BCUT2D eigenvalue weighted by Gasteiger charge is 2.07. The Kier molecular flexibility index (Phi) is 4.97. The molecule has 5 nitrogen and oxygen atoms in total. The number of benzene rings is 3. The number of ether oxygens (including phenoxy) is 1. The molecule has 0 aliphatic heterocycles. The van der Waals surface area contributed by atoms with Gasteiger partial charge in [-0.2, -0.15) is 0 Å². The maximum Gasteiger partial charge on any atom is 0.336 e. The molecule has 0 aliphatic carbocycles. The van der Waals surface area contributed by atoms with E-state index in [4.69, 9.17) is 9.15 Å². The quantitative estimate of drug-likeness (QED) is 0.480. The monoisotopic (exact) mass is 373 g/mol. The van der Waals surface area contributed by atoms with E-state index in [1.54, 1.807) is 12.1 Å². The molecule has 0 amide bonds. The second kappa shape index (κ2) is 7.88. The van der Waals surface area contributed by atoms with Crippen molar-refractivity contribution in [1.29, 1.82) is 0 Å². The van der Waals surface area contributed by atoms with E-state index < -0.39 is 5.63 Å². The van der Waals surface area contributed by atoms with Crippen LogP contribution in [0.3, 0.4) is 0 Å². The van der Waals surface area contributed by atoms with Gasteiger partial charge in [0, 0.05) is 29.8 Å². The molecule has 4 rings (SSSR count). The van der Waals surface area contributed by atoms with Crippen LogP contribution in [0.15, 0.2) is 88.1 Å². The molecule has 1 aromatic heterocycles. The smallest absolute Gasteiger partial charge is 0.336 e. The van der Waals surface area contributed by atoms with Crippen molar-refractivity contribution >= 4 is 16.7 Å². The summed E-state index contributed by atoms with van der Waals surface area (Å²) in [6.45, 7) is 0.976. The first kappa shape index (κ1) is 17.7. The Morgan fingerprint density at radius 1 is 0.929 bits per heavy atom. The maximum atomic E-state index is 11.8. The molecule has 3 aromatic carbocycles. The third kappa shape index (κ3) is 4.15. The van der Waals surface area contributed by atoms with Crippen LogP contribution in [-0.2, 0) is 13.2 Å². The summed E-state index contributed by atoms with van der Waals surface area (Å²) in [5, 5.41) is 13.7. The number of fused-ring (bicyclic) bond motifs is 1. The van der Waals surface area contributed by atoms with Gasteiger partial charge in [0.1, 0.15) is 23.7 Å². The van der Waals surface area contributed by atoms with Crippen LogP contribution in [0.25, 0.3) is 11.0 Å². The van der Waals surface area contributed by atoms with Crippen molar-refractivity contribution in [2.45, 2.75) is 13.2 Å². The van der Waals surface area contributed by atoms with Gasteiger partial charge in [-0.15, -0.1) is 0 Å². The lowest BCUT2D eigenvalue weighted by Crippen LogP contribution is -2.05. The summed E-state index contributed by atoms with van der Waals surface area (Å²) in [6.07, 6.45) is 0. The fourth-order valence-corrected chi connectivity index (χ4v) is 2.97. The molecule has 140 valence electrons. The summed E-state index contributed by atoms with van der Waals surface area (Å²) in [5.74, 6) is 0.850. The van der Waals surface area contributed by atoms with Gasteiger partial charge in [-0.25, -0.2) is 4.79 Å². The summed E-state index contributed by atoms with van der Waals surface area (Å²) >= 11 is 0. The number of phenols is 1. The number of phenolic OH excluding ortho intramolecular Hbond substituents is 1. The van der Waals surface area contributed by atoms with Gasteiger partial charge in [-0.05, 0) is 47.5 Å². The van der Waals surface area contributed by atoms with Crippen LogP contribution in [0, 0.1) is 0 Å². The summed E-state index contributed by atoms with van der Waals surface area (Å²) in [7, 11) is 0. The van der Waals surface area contributed by atoms with Crippen molar-refractivity contribution in [3.8, 4) is 11.5 Å². The van der Waals surface area contributed by atoms with E-state index in [-0.39, 0.29) is 5.75 Å². The van der Waals surface area contributed by atoms with Gasteiger partial charge in [0.2, 0.25) is 0 Å². The van der Waals surface area contributed by atoms with Crippen LogP contribution >= 0.6 is 0 Å². The van der Waals surface area contributed by atoms with E-state index in [0.717, 1.165) is 28.0 Å². The first-order valence-electron chi connectivity index (χ1n) is 8.94. The highest BCUT2D eigenvalue weighted by Crippen LogP contribution is 2.23. The molecule has 2 N–H and O–H groups in total. The van der Waals surface area contributed by atoms with Crippen molar-refractivity contribution in [3.63, 3.8) is 0 Å². The molecule has 0 saturated heterocycles. The fraction of sp³-hybridized carbons (Fsp3) is 0.0870. The van der Waals surface area contributed by atoms with Gasteiger partial charge in [0.25, 0.3) is 0 Å². The summed E-state index contributed by atoms with van der Waals surface area (Å²) in [6, 6.07) is 23.9. The molecule has 0 atom stereocenters. The second-order valence-electron chi connectivity index (χ2n) is 6.42. The first-order chi connectivity index (χ1) is 13.7. The van der Waals surface area contributed by atoms with E-state index in [9.17, 15) is 9.90 Å². The molecule has 0 fully saturated rings. The zero-order valence-electron chi connectivity index (χ0n) is 15.1. The lowest BCUT2D eigenvalue weighted by Gasteiger charge is -2.10. The highest BCUT2D eigenvalue weighted by molar-refractivity contribution is 5.81. The molecule has 1 heterocycles. The summed E-state index contributed by atoms with van der Waals surface area (Å²) in [4.78, 5) is 11.8. The van der Waals surface area contributed by atoms with Crippen LogP contribution in [0.1, 0.15) is 11.1 Å². The predicted molar refractivity (Wildman–Crippen MR) is 109 cm³/mol. The topological polar surface area (TPSA) is 71.7 Å². The summed E-state index contributed by atoms with van der Waals surface area (Å²) in [5.41, 5.74) is 2.75. The summed E-state index contributed by atoms with van der Waals surface area (Å²) < 4.78 is 10.9. The van der Waals surface area contributed by atoms with Gasteiger partial charge >= 0.3 is 5.63 Å². The van der Waals surface area contributed by atoms with E-state index in [0.29, 0.717) is 18.7 Å². The number of anilines is 1. The molecule has 28 heavy (non-hydrogen) atoms.